The van der Waals surface area contributed by atoms with Crippen LogP contribution in [0, 0.1) is 0 Å². The van der Waals surface area contributed by atoms with Crippen molar-refractivity contribution in [3.63, 3.8) is 0 Å². The first-order valence-corrected chi connectivity index (χ1v) is 5.68. The van der Waals surface area contributed by atoms with Crippen LogP contribution in [-0.2, 0) is 11.2 Å². The minimum Gasteiger partial charge on any atom is -0.315 e. The quantitative estimate of drug-likeness (QED) is 0.434. The van der Waals surface area contributed by atoms with Crippen molar-refractivity contribution >= 4 is 23.3 Å². The zero-order chi connectivity index (χ0) is 13.3. The van der Waals surface area contributed by atoms with E-state index in [9.17, 15) is 9.59 Å². The van der Waals surface area contributed by atoms with Crippen LogP contribution in [0.3, 0.4) is 0 Å². The van der Waals surface area contributed by atoms with Crippen LogP contribution in [0.1, 0.15) is 12.0 Å². The number of anilines is 2. The molecule has 96 valence electrons. The fourth-order valence-corrected chi connectivity index (χ4v) is 2.07. The Labute approximate surface area is 105 Å². The van der Waals surface area contributed by atoms with Gasteiger partial charge in [0.05, 0.1) is 0 Å². The number of fused-ring (bicyclic) bond motifs is 1. The Kier molecular flexibility index (Phi) is 3.20. The maximum absolute atomic E-state index is 11.6. The number of carbonyl (C=O) groups excluding carboxylic acids is 2. The number of carbonyl (C=O) groups is 2. The molecule has 0 spiro atoms. The van der Waals surface area contributed by atoms with Crippen molar-refractivity contribution < 1.29 is 9.59 Å². The Balaban J connectivity index is 2.33. The lowest BCUT2D eigenvalue weighted by Gasteiger charge is -2.27. The monoisotopic (exact) mass is 248 g/mol. The smallest absolute Gasteiger partial charge is 0.315 e. The predicted molar refractivity (Wildman–Crippen MR) is 69.3 cm³/mol. The third-order valence-electron chi connectivity index (χ3n) is 3.22. The molecule has 2 rings (SSSR count). The highest BCUT2D eigenvalue weighted by molar-refractivity contribution is 5.97. The van der Waals surface area contributed by atoms with Gasteiger partial charge in [0.15, 0.2) is 0 Å². The highest BCUT2D eigenvalue weighted by Gasteiger charge is 2.21. The van der Waals surface area contributed by atoms with E-state index in [0.717, 1.165) is 16.9 Å². The molecule has 0 atom stereocenters. The molecule has 0 radical (unpaired) electrons. The molecule has 3 N–H and O–H groups in total. The van der Waals surface area contributed by atoms with Gasteiger partial charge in [0.1, 0.15) is 0 Å². The Hall–Kier alpha value is -2.08. The molecule has 0 unspecified atom stereocenters. The molecule has 1 aliphatic heterocycles. The molecule has 3 amide bonds. The summed E-state index contributed by atoms with van der Waals surface area (Å²) in [5.41, 5.74) is 4.79. The number of urea groups is 1. The van der Waals surface area contributed by atoms with Gasteiger partial charge in [-0.15, -0.1) is 0 Å². The third-order valence-corrected chi connectivity index (χ3v) is 3.22. The minimum atomic E-state index is -0.379. The van der Waals surface area contributed by atoms with E-state index in [4.69, 9.17) is 5.84 Å². The summed E-state index contributed by atoms with van der Waals surface area (Å²) >= 11 is 0. The molecule has 0 fully saturated rings. The Morgan fingerprint density at radius 1 is 1.44 bits per heavy atom. The zero-order valence-corrected chi connectivity index (χ0v) is 10.4. The fourth-order valence-electron chi connectivity index (χ4n) is 2.07. The molecule has 1 aromatic rings. The van der Waals surface area contributed by atoms with Crippen LogP contribution in [0.2, 0.25) is 0 Å². The Morgan fingerprint density at radius 3 is 2.83 bits per heavy atom. The number of nitrogens with one attached hydrogen (secondary N) is 1. The topological polar surface area (TPSA) is 78.7 Å². The predicted octanol–water partition coefficient (Wildman–Crippen LogP) is 0.615. The molecule has 0 bridgehead atoms. The van der Waals surface area contributed by atoms with Crippen LogP contribution < -0.4 is 21.1 Å². The number of hydrogen-bond donors (Lipinski definition) is 2. The van der Waals surface area contributed by atoms with Crippen LogP contribution in [0.4, 0.5) is 16.2 Å². The normalized spacial score (nSPS) is 14.2. The number of hydrogen-bond acceptors (Lipinski definition) is 3. The van der Waals surface area contributed by atoms with E-state index in [1.807, 2.05) is 12.1 Å². The lowest BCUT2D eigenvalue weighted by atomic mass is 10.0. The van der Waals surface area contributed by atoms with Crippen LogP contribution in [0.15, 0.2) is 18.2 Å². The highest BCUT2D eigenvalue weighted by atomic mass is 16.2. The van der Waals surface area contributed by atoms with E-state index in [2.05, 4.69) is 5.43 Å². The standard InChI is InChI=1S/C12H16N4O2/c1-15(12(18)14-13)9-4-5-10-8(7-9)3-6-11(17)16(10)2/h4-5,7H,3,6,13H2,1-2H3,(H,14,18). The van der Waals surface area contributed by atoms with Gasteiger partial charge in [-0.3, -0.25) is 15.1 Å². The summed E-state index contributed by atoms with van der Waals surface area (Å²) < 4.78 is 0. The molecule has 6 nitrogen and oxygen atoms in total. The van der Waals surface area contributed by atoms with Crippen molar-refractivity contribution in [1.29, 1.82) is 0 Å². The molecule has 0 aliphatic carbocycles. The molecule has 0 aromatic heterocycles. The van der Waals surface area contributed by atoms with E-state index < -0.39 is 0 Å². The first kappa shape index (κ1) is 12.4. The molecule has 1 heterocycles. The highest BCUT2D eigenvalue weighted by Crippen LogP contribution is 2.30. The molecule has 0 saturated heterocycles. The summed E-state index contributed by atoms with van der Waals surface area (Å²) in [6.45, 7) is 0. The van der Waals surface area contributed by atoms with Gasteiger partial charge < -0.3 is 4.90 Å². The summed E-state index contributed by atoms with van der Waals surface area (Å²) in [6.07, 6.45) is 1.20. The van der Waals surface area contributed by atoms with Crippen molar-refractivity contribution in [1.82, 2.24) is 5.43 Å². The van der Waals surface area contributed by atoms with Gasteiger partial charge in [0, 0.05) is 31.9 Å². The fraction of sp³-hybridized carbons (Fsp3) is 0.333. The van der Waals surface area contributed by atoms with Gasteiger partial charge >= 0.3 is 6.03 Å². The van der Waals surface area contributed by atoms with Gasteiger partial charge in [-0.1, -0.05) is 0 Å². The first-order chi connectivity index (χ1) is 8.54. The number of nitrogens with two attached hydrogens (primary N) is 1. The second-order valence-corrected chi connectivity index (χ2v) is 4.27. The maximum Gasteiger partial charge on any atom is 0.335 e. The number of benzene rings is 1. The number of nitrogens with zero attached hydrogens (tertiary/aromatic N) is 2. The second-order valence-electron chi connectivity index (χ2n) is 4.27. The van der Waals surface area contributed by atoms with Crippen LogP contribution in [0.5, 0.6) is 0 Å². The van der Waals surface area contributed by atoms with Crippen LogP contribution >= 0.6 is 0 Å². The van der Waals surface area contributed by atoms with E-state index in [1.165, 1.54) is 4.90 Å². The number of hydrazine groups is 1. The lowest BCUT2D eigenvalue weighted by molar-refractivity contribution is -0.118. The molecular formula is C12H16N4O2. The number of aryl methyl sites for hydroxylation is 1. The van der Waals surface area contributed by atoms with Crippen LogP contribution in [0.25, 0.3) is 0 Å². The number of amides is 3. The first-order valence-electron chi connectivity index (χ1n) is 5.68. The number of rotatable bonds is 1. The summed E-state index contributed by atoms with van der Waals surface area (Å²) in [6, 6.07) is 5.17. The lowest BCUT2D eigenvalue weighted by Crippen LogP contribution is -2.41. The summed E-state index contributed by atoms with van der Waals surface area (Å²) in [5.74, 6) is 5.21. The zero-order valence-electron chi connectivity index (χ0n) is 10.4. The minimum absolute atomic E-state index is 0.114. The van der Waals surface area contributed by atoms with E-state index in [0.29, 0.717) is 12.8 Å². The van der Waals surface area contributed by atoms with Gasteiger partial charge in [-0.05, 0) is 30.2 Å². The van der Waals surface area contributed by atoms with Gasteiger partial charge in [-0.2, -0.15) is 0 Å². The molecular weight excluding hydrogens is 232 g/mol. The molecule has 6 heteroatoms. The molecule has 1 aliphatic rings. The molecule has 18 heavy (non-hydrogen) atoms. The van der Waals surface area contributed by atoms with Crippen molar-refractivity contribution in [2.45, 2.75) is 12.8 Å². The second kappa shape index (κ2) is 4.66. The average molecular weight is 248 g/mol. The maximum atomic E-state index is 11.6. The van der Waals surface area contributed by atoms with Crippen molar-refractivity contribution in [3.05, 3.63) is 23.8 Å². The third kappa shape index (κ3) is 2.02. The van der Waals surface area contributed by atoms with Crippen molar-refractivity contribution in [3.8, 4) is 0 Å². The van der Waals surface area contributed by atoms with Gasteiger partial charge in [0.25, 0.3) is 0 Å². The van der Waals surface area contributed by atoms with Gasteiger partial charge in [-0.25, -0.2) is 10.6 Å². The summed E-state index contributed by atoms with van der Waals surface area (Å²) in [7, 11) is 3.40. The van der Waals surface area contributed by atoms with Crippen molar-refractivity contribution in [2.75, 3.05) is 23.9 Å². The van der Waals surface area contributed by atoms with E-state index in [1.54, 1.807) is 25.1 Å². The summed E-state index contributed by atoms with van der Waals surface area (Å²) in [5, 5.41) is 0. The van der Waals surface area contributed by atoms with Crippen molar-refractivity contribution in [2.24, 2.45) is 5.84 Å². The van der Waals surface area contributed by atoms with E-state index >= 15 is 0 Å². The van der Waals surface area contributed by atoms with Crippen LogP contribution in [-0.4, -0.2) is 26.0 Å². The molecule has 0 saturated carbocycles. The average Bonchev–Trinajstić information content (AvgIpc) is 2.41. The Bertz CT molecular complexity index is 501. The Morgan fingerprint density at radius 2 is 2.17 bits per heavy atom. The van der Waals surface area contributed by atoms with E-state index in [-0.39, 0.29) is 11.9 Å². The SMILES string of the molecule is CN(C(=O)NN)c1ccc2c(c1)CCC(=O)N2C. The summed E-state index contributed by atoms with van der Waals surface area (Å²) in [4.78, 5) is 26.1. The molecule has 1 aromatic carbocycles. The van der Waals surface area contributed by atoms with Gasteiger partial charge in [0.2, 0.25) is 5.91 Å². The largest absolute Gasteiger partial charge is 0.335 e.